The first-order valence-corrected chi connectivity index (χ1v) is 6.92. The molecule has 1 aliphatic heterocycles. The van der Waals surface area contributed by atoms with Gasteiger partial charge in [0.15, 0.2) is 5.76 Å². The van der Waals surface area contributed by atoms with Gasteiger partial charge >= 0.3 is 0 Å². The van der Waals surface area contributed by atoms with Crippen molar-refractivity contribution >= 4 is 11.4 Å². The number of rotatable bonds is 4. The van der Waals surface area contributed by atoms with Crippen LogP contribution in [0.25, 0.3) is 0 Å². The Hall–Kier alpha value is -2.01. The summed E-state index contributed by atoms with van der Waals surface area (Å²) in [5.74, 6) is 0.912. The molecular formula is C15H20N4O. The Bertz CT molecular complexity index is 581. The van der Waals surface area contributed by atoms with Gasteiger partial charge in [-0.2, -0.15) is 0 Å². The summed E-state index contributed by atoms with van der Waals surface area (Å²) in [6, 6.07) is 10.5. The molecule has 0 saturated carbocycles. The van der Waals surface area contributed by atoms with Crippen molar-refractivity contribution in [1.82, 2.24) is 10.5 Å². The zero-order valence-corrected chi connectivity index (χ0v) is 12.0. The fourth-order valence-corrected chi connectivity index (χ4v) is 2.61. The lowest BCUT2D eigenvalue weighted by Gasteiger charge is -2.36. The van der Waals surface area contributed by atoms with Crippen LogP contribution in [-0.4, -0.2) is 32.3 Å². The molecule has 5 nitrogen and oxygen atoms in total. The van der Waals surface area contributed by atoms with E-state index in [1.165, 1.54) is 11.4 Å². The molecule has 106 valence electrons. The summed E-state index contributed by atoms with van der Waals surface area (Å²) in [4.78, 5) is 4.64. The lowest BCUT2D eigenvalue weighted by molar-refractivity contribution is 0.373. The fraction of sp³-hybridized carbons (Fsp3) is 0.400. The molecule has 0 spiro atoms. The van der Waals surface area contributed by atoms with Gasteiger partial charge in [0.2, 0.25) is 0 Å². The predicted molar refractivity (Wildman–Crippen MR) is 80.0 cm³/mol. The van der Waals surface area contributed by atoms with E-state index in [1.54, 1.807) is 0 Å². The Morgan fingerprint density at radius 2 is 2.05 bits per heavy atom. The third-order valence-electron chi connectivity index (χ3n) is 3.65. The Morgan fingerprint density at radius 1 is 1.25 bits per heavy atom. The SMILES string of the molecule is CNCc1cc(CN2CCN(C)c3ccccc32)on1. The smallest absolute Gasteiger partial charge is 0.156 e. The highest BCUT2D eigenvalue weighted by Gasteiger charge is 2.20. The van der Waals surface area contributed by atoms with Crippen molar-refractivity contribution in [2.75, 3.05) is 37.0 Å². The number of hydrogen-bond acceptors (Lipinski definition) is 5. The van der Waals surface area contributed by atoms with Crippen LogP contribution in [0.15, 0.2) is 34.9 Å². The molecule has 1 aromatic heterocycles. The van der Waals surface area contributed by atoms with Gasteiger partial charge in [-0.3, -0.25) is 0 Å². The highest BCUT2D eigenvalue weighted by atomic mass is 16.5. The number of anilines is 2. The van der Waals surface area contributed by atoms with Crippen molar-refractivity contribution in [3.8, 4) is 0 Å². The molecule has 2 heterocycles. The number of nitrogens with one attached hydrogen (secondary N) is 1. The van der Waals surface area contributed by atoms with E-state index in [2.05, 4.69) is 51.6 Å². The number of likely N-dealkylation sites (N-methyl/N-ethyl adjacent to an activating group) is 1. The van der Waals surface area contributed by atoms with Crippen molar-refractivity contribution in [1.29, 1.82) is 0 Å². The molecule has 5 heteroatoms. The summed E-state index contributed by atoms with van der Waals surface area (Å²) >= 11 is 0. The van der Waals surface area contributed by atoms with E-state index in [0.29, 0.717) is 0 Å². The van der Waals surface area contributed by atoms with Crippen molar-refractivity contribution in [2.24, 2.45) is 0 Å². The molecule has 20 heavy (non-hydrogen) atoms. The molecule has 1 aromatic carbocycles. The first kappa shape index (κ1) is 13.0. The van der Waals surface area contributed by atoms with Crippen LogP contribution in [0.2, 0.25) is 0 Å². The second-order valence-corrected chi connectivity index (χ2v) is 5.15. The fourth-order valence-electron chi connectivity index (χ4n) is 2.61. The zero-order valence-electron chi connectivity index (χ0n) is 12.0. The molecule has 0 radical (unpaired) electrons. The number of benzene rings is 1. The lowest BCUT2D eigenvalue weighted by atomic mass is 10.1. The van der Waals surface area contributed by atoms with Crippen LogP contribution in [0.4, 0.5) is 11.4 Å². The second kappa shape index (κ2) is 5.54. The van der Waals surface area contributed by atoms with Gasteiger partial charge in [0.1, 0.15) is 0 Å². The Kier molecular flexibility index (Phi) is 3.60. The molecule has 0 saturated heterocycles. The number of hydrogen-bond donors (Lipinski definition) is 1. The Morgan fingerprint density at radius 3 is 2.85 bits per heavy atom. The minimum absolute atomic E-state index is 0.739. The van der Waals surface area contributed by atoms with E-state index in [9.17, 15) is 0 Å². The minimum atomic E-state index is 0.739. The van der Waals surface area contributed by atoms with E-state index in [-0.39, 0.29) is 0 Å². The van der Waals surface area contributed by atoms with Crippen molar-refractivity contribution in [3.63, 3.8) is 0 Å². The summed E-state index contributed by atoms with van der Waals surface area (Å²) in [6.45, 7) is 3.52. The third kappa shape index (κ3) is 2.49. The molecule has 3 rings (SSSR count). The van der Waals surface area contributed by atoms with E-state index >= 15 is 0 Å². The van der Waals surface area contributed by atoms with E-state index in [4.69, 9.17) is 4.52 Å². The quantitative estimate of drug-likeness (QED) is 0.920. The normalized spacial score (nSPS) is 14.5. The van der Waals surface area contributed by atoms with E-state index < -0.39 is 0 Å². The van der Waals surface area contributed by atoms with Crippen LogP contribution in [-0.2, 0) is 13.1 Å². The molecule has 1 aliphatic rings. The van der Waals surface area contributed by atoms with Crippen LogP contribution in [0.5, 0.6) is 0 Å². The summed E-state index contributed by atoms with van der Waals surface area (Å²) in [7, 11) is 4.04. The van der Waals surface area contributed by atoms with Crippen LogP contribution in [0.3, 0.4) is 0 Å². The molecule has 0 amide bonds. The average molecular weight is 272 g/mol. The molecule has 0 bridgehead atoms. The van der Waals surface area contributed by atoms with Crippen LogP contribution in [0, 0.1) is 0 Å². The third-order valence-corrected chi connectivity index (χ3v) is 3.65. The summed E-state index contributed by atoms with van der Waals surface area (Å²) in [5.41, 5.74) is 3.48. The van der Waals surface area contributed by atoms with Crippen molar-refractivity contribution in [3.05, 3.63) is 41.8 Å². The predicted octanol–water partition coefficient (Wildman–Crippen LogP) is 1.85. The maximum atomic E-state index is 5.42. The van der Waals surface area contributed by atoms with Crippen molar-refractivity contribution < 1.29 is 4.52 Å². The second-order valence-electron chi connectivity index (χ2n) is 5.15. The molecule has 0 unspecified atom stereocenters. The number of nitrogens with zero attached hydrogens (tertiary/aromatic N) is 3. The van der Waals surface area contributed by atoms with E-state index in [1.807, 2.05) is 13.1 Å². The zero-order chi connectivity index (χ0) is 13.9. The van der Waals surface area contributed by atoms with Gasteiger partial charge in [0.05, 0.1) is 23.6 Å². The number of fused-ring (bicyclic) bond motifs is 1. The van der Waals surface area contributed by atoms with Crippen LogP contribution in [0.1, 0.15) is 11.5 Å². The topological polar surface area (TPSA) is 44.5 Å². The van der Waals surface area contributed by atoms with Gasteiger partial charge in [0, 0.05) is 32.7 Å². The largest absolute Gasteiger partial charge is 0.371 e. The van der Waals surface area contributed by atoms with Gasteiger partial charge in [0.25, 0.3) is 0 Å². The molecule has 1 N–H and O–H groups in total. The van der Waals surface area contributed by atoms with Gasteiger partial charge in [-0.25, -0.2) is 0 Å². The standard InChI is InChI=1S/C15H20N4O/c1-16-10-12-9-13(20-17-12)11-19-8-7-18(2)14-5-3-4-6-15(14)19/h3-6,9,16H,7-8,10-11H2,1-2H3. The highest BCUT2D eigenvalue weighted by molar-refractivity contribution is 5.72. The molecular weight excluding hydrogens is 252 g/mol. The first-order chi connectivity index (χ1) is 9.78. The maximum absolute atomic E-state index is 5.42. The summed E-state index contributed by atoms with van der Waals surface area (Å²) in [6.07, 6.45) is 0. The van der Waals surface area contributed by atoms with Gasteiger partial charge in [-0.05, 0) is 19.2 Å². The highest BCUT2D eigenvalue weighted by Crippen LogP contribution is 2.32. The van der Waals surface area contributed by atoms with Crippen LogP contribution < -0.4 is 15.1 Å². The van der Waals surface area contributed by atoms with E-state index in [0.717, 1.165) is 37.6 Å². The Balaban J connectivity index is 1.79. The summed E-state index contributed by atoms with van der Waals surface area (Å²) in [5, 5.41) is 7.15. The monoisotopic (exact) mass is 272 g/mol. The molecule has 0 aliphatic carbocycles. The Labute approximate surface area is 119 Å². The molecule has 0 atom stereocenters. The van der Waals surface area contributed by atoms with Gasteiger partial charge in [-0.15, -0.1) is 0 Å². The molecule has 0 fully saturated rings. The van der Waals surface area contributed by atoms with Gasteiger partial charge in [-0.1, -0.05) is 17.3 Å². The number of aromatic nitrogens is 1. The van der Waals surface area contributed by atoms with Gasteiger partial charge < -0.3 is 19.6 Å². The number of para-hydroxylation sites is 2. The molecule has 2 aromatic rings. The van der Waals surface area contributed by atoms with Crippen LogP contribution >= 0.6 is 0 Å². The minimum Gasteiger partial charge on any atom is -0.371 e. The lowest BCUT2D eigenvalue weighted by Crippen LogP contribution is -2.38. The first-order valence-electron chi connectivity index (χ1n) is 6.92. The summed E-state index contributed by atoms with van der Waals surface area (Å²) < 4.78 is 5.42. The van der Waals surface area contributed by atoms with Crippen molar-refractivity contribution in [2.45, 2.75) is 13.1 Å². The average Bonchev–Trinajstić information content (AvgIpc) is 2.90. The maximum Gasteiger partial charge on any atom is 0.156 e.